The van der Waals surface area contributed by atoms with Crippen molar-refractivity contribution in [2.45, 2.75) is 31.3 Å². The number of nitrogens with zero attached hydrogens (tertiary/aromatic N) is 3. The fourth-order valence-corrected chi connectivity index (χ4v) is 5.83. The smallest absolute Gasteiger partial charge is 0.254 e. The lowest BCUT2D eigenvalue weighted by atomic mass is 9.68. The van der Waals surface area contributed by atoms with E-state index >= 15 is 0 Å². The summed E-state index contributed by atoms with van der Waals surface area (Å²) < 4.78 is 31.0. The molecular weight excluding hydrogens is 394 g/mol. The van der Waals surface area contributed by atoms with Crippen LogP contribution in [-0.4, -0.2) is 91.6 Å². The second-order valence-corrected chi connectivity index (χ2v) is 10.3. The Hall–Kier alpha value is -1.97. The molecule has 1 unspecified atom stereocenters. The highest BCUT2D eigenvalue weighted by Gasteiger charge is 2.63. The van der Waals surface area contributed by atoms with Crippen molar-refractivity contribution in [1.82, 2.24) is 14.1 Å². The van der Waals surface area contributed by atoms with Gasteiger partial charge in [-0.25, -0.2) is 8.42 Å². The number of carbonyl (C=O) groups excluding carboxylic acids is 2. The maximum absolute atomic E-state index is 13.7. The summed E-state index contributed by atoms with van der Waals surface area (Å²) in [6.07, 6.45) is 1.16. The van der Waals surface area contributed by atoms with Gasteiger partial charge in [0.2, 0.25) is 15.9 Å². The van der Waals surface area contributed by atoms with E-state index in [-0.39, 0.29) is 30.9 Å². The largest absolute Gasteiger partial charge is 0.378 e. The van der Waals surface area contributed by atoms with Crippen LogP contribution in [0.1, 0.15) is 35.7 Å². The summed E-state index contributed by atoms with van der Waals surface area (Å²) in [5.74, 6) is -0.809. The van der Waals surface area contributed by atoms with Crippen LogP contribution >= 0.6 is 0 Å². The normalized spacial score (nSPS) is 24.6. The van der Waals surface area contributed by atoms with Crippen molar-refractivity contribution in [2.24, 2.45) is 0 Å². The molecule has 1 aromatic rings. The van der Waals surface area contributed by atoms with Crippen molar-refractivity contribution >= 4 is 21.8 Å². The fraction of sp³-hybridized carbons (Fsp3) is 0.600. The van der Waals surface area contributed by atoms with Gasteiger partial charge in [0.1, 0.15) is 0 Å². The van der Waals surface area contributed by atoms with E-state index in [9.17, 15) is 18.0 Å². The first-order valence-electron chi connectivity index (χ1n) is 9.91. The van der Waals surface area contributed by atoms with Gasteiger partial charge in [-0.05, 0) is 25.5 Å². The standard InChI is InChI=1S/C20H27N3O5S/c1-14(2)23-18(24)16-7-5-4-6-15(16)17(19(25)21-8-10-28-11-9-21)20(23)12-22(13-20)29(3,26)27/h4-7,14,17H,8-13H2,1-3H3. The van der Waals surface area contributed by atoms with E-state index in [1.165, 1.54) is 4.31 Å². The number of morpholine rings is 1. The Morgan fingerprint density at radius 2 is 1.79 bits per heavy atom. The summed E-state index contributed by atoms with van der Waals surface area (Å²) in [5.41, 5.74) is 0.341. The second-order valence-electron chi connectivity index (χ2n) is 8.36. The quantitative estimate of drug-likeness (QED) is 0.710. The van der Waals surface area contributed by atoms with Gasteiger partial charge in [-0.2, -0.15) is 4.31 Å². The molecule has 2 saturated heterocycles. The van der Waals surface area contributed by atoms with Gasteiger partial charge in [0.15, 0.2) is 0 Å². The molecule has 29 heavy (non-hydrogen) atoms. The molecule has 3 aliphatic heterocycles. The molecule has 1 aromatic carbocycles. The Morgan fingerprint density at radius 3 is 2.38 bits per heavy atom. The lowest BCUT2D eigenvalue weighted by molar-refractivity contribution is -0.145. The summed E-state index contributed by atoms with van der Waals surface area (Å²) in [5, 5.41) is 0. The van der Waals surface area contributed by atoms with Crippen molar-refractivity contribution in [3.05, 3.63) is 35.4 Å². The third-order valence-electron chi connectivity index (χ3n) is 6.19. The lowest BCUT2D eigenvalue weighted by Gasteiger charge is -2.61. The zero-order chi connectivity index (χ0) is 21.0. The topological polar surface area (TPSA) is 87.2 Å². The SMILES string of the molecule is CC(C)N1C(=O)c2ccccc2C(C(=O)N2CCOCC2)C12CN(S(C)(=O)=O)C2. The summed E-state index contributed by atoms with van der Waals surface area (Å²) >= 11 is 0. The second kappa shape index (κ2) is 7.07. The first-order chi connectivity index (χ1) is 13.7. The average Bonchev–Trinajstić information content (AvgIpc) is 2.65. The highest BCUT2D eigenvalue weighted by atomic mass is 32.2. The average molecular weight is 422 g/mol. The summed E-state index contributed by atoms with van der Waals surface area (Å²) in [6.45, 7) is 6.04. The maximum atomic E-state index is 13.7. The molecule has 4 rings (SSSR count). The van der Waals surface area contributed by atoms with E-state index in [0.717, 1.165) is 6.26 Å². The molecule has 0 radical (unpaired) electrons. The molecule has 0 saturated carbocycles. The molecule has 3 heterocycles. The Balaban J connectivity index is 1.84. The molecule has 2 fully saturated rings. The number of hydrogen-bond acceptors (Lipinski definition) is 5. The number of sulfonamides is 1. The van der Waals surface area contributed by atoms with Gasteiger partial charge in [-0.1, -0.05) is 18.2 Å². The molecule has 1 atom stereocenters. The molecule has 0 aliphatic carbocycles. The molecule has 3 aliphatic rings. The molecule has 158 valence electrons. The van der Waals surface area contributed by atoms with Crippen molar-refractivity contribution in [3.8, 4) is 0 Å². The van der Waals surface area contributed by atoms with Gasteiger partial charge in [-0.15, -0.1) is 0 Å². The predicted molar refractivity (Wildman–Crippen MR) is 107 cm³/mol. The highest BCUT2D eigenvalue weighted by molar-refractivity contribution is 7.88. The fourth-order valence-electron chi connectivity index (χ4n) is 4.92. The van der Waals surface area contributed by atoms with Crippen LogP contribution in [0.3, 0.4) is 0 Å². The molecule has 2 amide bonds. The van der Waals surface area contributed by atoms with Crippen LogP contribution in [-0.2, 0) is 19.6 Å². The van der Waals surface area contributed by atoms with Crippen molar-refractivity contribution in [2.75, 3.05) is 45.6 Å². The third-order valence-corrected chi connectivity index (χ3v) is 7.39. The minimum atomic E-state index is -3.41. The van der Waals surface area contributed by atoms with E-state index in [1.807, 2.05) is 26.0 Å². The van der Waals surface area contributed by atoms with Crippen LogP contribution in [0.5, 0.6) is 0 Å². The van der Waals surface area contributed by atoms with E-state index in [2.05, 4.69) is 0 Å². The number of fused-ring (bicyclic) bond motifs is 1. The zero-order valence-corrected chi connectivity index (χ0v) is 17.8. The van der Waals surface area contributed by atoms with E-state index < -0.39 is 21.5 Å². The first kappa shape index (κ1) is 20.3. The van der Waals surface area contributed by atoms with E-state index in [1.54, 1.807) is 21.9 Å². The number of hydrogen-bond donors (Lipinski definition) is 0. The Kier molecular flexibility index (Phi) is 4.95. The molecule has 0 aromatic heterocycles. The summed E-state index contributed by atoms with van der Waals surface area (Å²) in [7, 11) is -3.41. The summed E-state index contributed by atoms with van der Waals surface area (Å²) in [4.78, 5) is 30.6. The monoisotopic (exact) mass is 421 g/mol. The van der Waals surface area contributed by atoms with Gasteiger partial charge in [-0.3, -0.25) is 9.59 Å². The van der Waals surface area contributed by atoms with Gasteiger partial charge >= 0.3 is 0 Å². The van der Waals surface area contributed by atoms with Crippen LogP contribution in [0, 0.1) is 0 Å². The lowest BCUT2D eigenvalue weighted by Crippen LogP contribution is -2.78. The number of rotatable bonds is 3. The number of benzene rings is 1. The predicted octanol–water partition coefficient (Wildman–Crippen LogP) is 0.507. The maximum Gasteiger partial charge on any atom is 0.254 e. The van der Waals surface area contributed by atoms with E-state index in [0.29, 0.717) is 37.4 Å². The van der Waals surface area contributed by atoms with Crippen molar-refractivity contribution in [1.29, 1.82) is 0 Å². The van der Waals surface area contributed by atoms with E-state index in [4.69, 9.17) is 4.74 Å². The van der Waals surface area contributed by atoms with Gasteiger partial charge in [0, 0.05) is 37.8 Å². The van der Waals surface area contributed by atoms with Gasteiger partial charge < -0.3 is 14.5 Å². The zero-order valence-electron chi connectivity index (χ0n) is 17.0. The summed E-state index contributed by atoms with van der Waals surface area (Å²) in [6, 6.07) is 7.05. The number of amides is 2. The van der Waals surface area contributed by atoms with Gasteiger partial charge in [0.25, 0.3) is 5.91 Å². The minimum Gasteiger partial charge on any atom is -0.378 e. The molecule has 8 nitrogen and oxygen atoms in total. The van der Waals surface area contributed by atoms with Gasteiger partial charge in [0.05, 0.1) is 30.9 Å². The number of carbonyl (C=O) groups is 2. The van der Waals surface area contributed by atoms with Crippen molar-refractivity contribution < 1.29 is 22.7 Å². The molecule has 1 spiro atoms. The Labute approximate surface area is 171 Å². The third kappa shape index (κ3) is 3.15. The van der Waals surface area contributed by atoms with Crippen molar-refractivity contribution in [3.63, 3.8) is 0 Å². The molecular formula is C20H27N3O5S. The molecule has 0 N–H and O–H groups in total. The Morgan fingerprint density at radius 1 is 1.17 bits per heavy atom. The highest BCUT2D eigenvalue weighted by Crippen LogP contribution is 2.48. The van der Waals surface area contributed by atoms with Crippen LogP contribution in [0.2, 0.25) is 0 Å². The van der Waals surface area contributed by atoms with Crippen LogP contribution in [0.25, 0.3) is 0 Å². The van der Waals surface area contributed by atoms with Crippen LogP contribution in [0.15, 0.2) is 24.3 Å². The molecule has 9 heteroatoms. The van der Waals surface area contributed by atoms with Crippen LogP contribution in [0.4, 0.5) is 0 Å². The first-order valence-corrected chi connectivity index (χ1v) is 11.8. The van der Waals surface area contributed by atoms with Crippen LogP contribution < -0.4 is 0 Å². The minimum absolute atomic E-state index is 0.0629. The number of ether oxygens (including phenoxy) is 1. The Bertz CT molecular complexity index is 933. The molecule has 0 bridgehead atoms.